The summed E-state index contributed by atoms with van der Waals surface area (Å²) in [7, 11) is -2.44. The topological polar surface area (TPSA) is 81.4 Å². The van der Waals surface area contributed by atoms with E-state index in [0.29, 0.717) is 17.0 Å². The number of aryl methyl sites for hydroxylation is 1. The SMILES string of the molecule is COc1ccc(N)cc1NS(=O)(=O)c1ccc(F)cc1C. The largest absolute Gasteiger partial charge is 0.495 e. The first-order chi connectivity index (χ1) is 9.83. The predicted octanol–water partition coefficient (Wildman–Crippen LogP) is 2.53. The highest BCUT2D eigenvalue weighted by molar-refractivity contribution is 7.92. The van der Waals surface area contributed by atoms with Gasteiger partial charge in [-0.15, -0.1) is 0 Å². The fourth-order valence-corrected chi connectivity index (χ4v) is 3.21. The molecule has 0 saturated carbocycles. The van der Waals surface area contributed by atoms with Crippen molar-refractivity contribution in [2.75, 3.05) is 17.6 Å². The number of nitrogen functional groups attached to an aromatic ring is 1. The molecule has 7 heteroatoms. The summed E-state index contributed by atoms with van der Waals surface area (Å²) in [5, 5.41) is 0. The maximum Gasteiger partial charge on any atom is 0.262 e. The van der Waals surface area contributed by atoms with Crippen LogP contribution in [0.3, 0.4) is 0 Å². The molecule has 0 fully saturated rings. The third-order valence-electron chi connectivity index (χ3n) is 2.89. The van der Waals surface area contributed by atoms with Crippen molar-refractivity contribution in [3.63, 3.8) is 0 Å². The Labute approximate surface area is 122 Å². The number of halogens is 1. The molecule has 0 atom stereocenters. The van der Waals surface area contributed by atoms with Crippen LogP contribution < -0.4 is 15.2 Å². The second-order valence-corrected chi connectivity index (χ2v) is 6.13. The molecule has 2 aromatic carbocycles. The Balaban J connectivity index is 2.44. The number of hydrogen-bond donors (Lipinski definition) is 2. The van der Waals surface area contributed by atoms with Crippen molar-refractivity contribution in [3.8, 4) is 5.75 Å². The molecular weight excluding hydrogens is 295 g/mol. The van der Waals surface area contributed by atoms with Crippen molar-refractivity contribution in [3.05, 3.63) is 47.8 Å². The van der Waals surface area contributed by atoms with Crippen LogP contribution in [0.2, 0.25) is 0 Å². The summed E-state index contributed by atoms with van der Waals surface area (Å²) >= 11 is 0. The molecule has 0 amide bonds. The van der Waals surface area contributed by atoms with Crippen molar-refractivity contribution in [2.24, 2.45) is 0 Å². The molecule has 2 rings (SSSR count). The Morgan fingerprint density at radius 3 is 2.52 bits per heavy atom. The lowest BCUT2D eigenvalue weighted by Gasteiger charge is -2.13. The van der Waals surface area contributed by atoms with Gasteiger partial charge in [-0.05, 0) is 48.9 Å². The van der Waals surface area contributed by atoms with Crippen LogP contribution in [0.5, 0.6) is 5.75 Å². The number of nitrogens with two attached hydrogens (primary N) is 1. The molecule has 0 heterocycles. The number of rotatable bonds is 4. The maximum absolute atomic E-state index is 13.1. The number of methoxy groups -OCH3 is 1. The summed E-state index contributed by atoms with van der Waals surface area (Å²) in [5.74, 6) is -0.152. The quantitative estimate of drug-likeness (QED) is 0.850. The van der Waals surface area contributed by atoms with Crippen molar-refractivity contribution < 1.29 is 17.5 Å². The minimum Gasteiger partial charge on any atom is -0.495 e. The van der Waals surface area contributed by atoms with Crippen LogP contribution in [0.15, 0.2) is 41.3 Å². The number of anilines is 2. The molecule has 0 radical (unpaired) electrons. The first kappa shape index (κ1) is 15.1. The molecule has 0 aliphatic heterocycles. The van der Waals surface area contributed by atoms with Crippen LogP contribution in [0.4, 0.5) is 15.8 Å². The van der Waals surface area contributed by atoms with E-state index in [4.69, 9.17) is 10.5 Å². The van der Waals surface area contributed by atoms with Gasteiger partial charge >= 0.3 is 0 Å². The molecule has 0 aromatic heterocycles. The van der Waals surface area contributed by atoms with Crippen LogP contribution in [-0.4, -0.2) is 15.5 Å². The zero-order valence-corrected chi connectivity index (χ0v) is 12.4. The van der Waals surface area contributed by atoms with Crippen LogP contribution in [-0.2, 0) is 10.0 Å². The minimum absolute atomic E-state index is 0.00613. The Morgan fingerprint density at radius 2 is 1.90 bits per heavy atom. The molecule has 0 aliphatic carbocycles. The van der Waals surface area contributed by atoms with Gasteiger partial charge in [-0.25, -0.2) is 12.8 Å². The highest BCUT2D eigenvalue weighted by Crippen LogP contribution is 2.29. The average molecular weight is 310 g/mol. The normalized spacial score (nSPS) is 11.2. The Morgan fingerprint density at radius 1 is 1.19 bits per heavy atom. The first-order valence-corrected chi connectivity index (χ1v) is 7.54. The number of benzene rings is 2. The maximum atomic E-state index is 13.1. The van der Waals surface area contributed by atoms with Gasteiger partial charge in [0, 0.05) is 5.69 Å². The molecule has 0 bridgehead atoms. The van der Waals surface area contributed by atoms with Crippen LogP contribution in [0.25, 0.3) is 0 Å². The predicted molar refractivity (Wildman–Crippen MR) is 79.4 cm³/mol. The summed E-state index contributed by atoms with van der Waals surface area (Å²) < 4.78 is 45.3. The van der Waals surface area contributed by atoms with Crippen molar-refractivity contribution in [1.29, 1.82) is 0 Å². The lowest BCUT2D eigenvalue weighted by Crippen LogP contribution is -2.15. The van der Waals surface area contributed by atoms with Gasteiger partial charge in [-0.1, -0.05) is 0 Å². The van der Waals surface area contributed by atoms with Gasteiger partial charge in [-0.2, -0.15) is 0 Å². The summed E-state index contributed by atoms with van der Waals surface area (Å²) in [4.78, 5) is -0.00613. The van der Waals surface area contributed by atoms with E-state index in [0.717, 1.165) is 12.1 Å². The second-order valence-electron chi connectivity index (χ2n) is 4.48. The smallest absolute Gasteiger partial charge is 0.262 e. The summed E-state index contributed by atoms with van der Waals surface area (Å²) in [6, 6.07) is 8.08. The monoisotopic (exact) mass is 310 g/mol. The molecule has 0 spiro atoms. The first-order valence-electron chi connectivity index (χ1n) is 6.06. The third kappa shape index (κ3) is 3.25. The van der Waals surface area contributed by atoms with E-state index in [9.17, 15) is 12.8 Å². The molecular formula is C14H15FN2O3S. The zero-order valence-electron chi connectivity index (χ0n) is 11.6. The Hall–Kier alpha value is -2.28. The van der Waals surface area contributed by atoms with Crippen LogP contribution in [0.1, 0.15) is 5.56 Å². The lowest BCUT2D eigenvalue weighted by atomic mass is 10.2. The summed E-state index contributed by atoms with van der Waals surface area (Å²) in [6.07, 6.45) is 0. The van der Waals surface area contributed by atoms with Gasteiger partial charge < -0.3 is 10.5 Å². The van der Waals surface area contributed by atoms with Crippen molar-refractivity contribution in [2.45, 2.75) is 11.8 Å². The van der Waals surface area contributed by atoms with E-state index in [2.05, 4.69) is 4.72 Å². The van der Waals surface area contributed by atoms with E-state index < -0.39 is 15.8 Å². The van der Waals surface area contributed by atoms with Crippen molar-refractivity contribution >= 4 is 21.4 Å². The van der Waals surface area contributed by atoms with E-state index in [1.807, 2.05) is 0 Å². The van der Waals surface area contributed by atoms with E-state index >= 15 is 0 Å². The lowest BCUT2D eigenvalue weighted by molar-refractivity contribution is 0.417. The minimum atomic E-state index is -3.86. The molecule has 0 aliphatic rings. The van der Waals surface area contributed by atoms with Gasteiger partial charge in [-0.3, -0.25) is 4.72 Å². The van der Waals surface area contributed by atoms with Gasteiger partial charge in [0.05, 0.1) is 17.7 Å². The molecule has 21 heavy (non-hydrogen) atoms. The van der Waals surface area contributed by atoms with E-state index in [-0.39, 0.29) is 10.6 Å². The van der Waals surface area contributed by atoms with Gasteiger partial charge in [0.1, 0.15) is 11.6 Å². The van der Waals surface area contributed by atoms with E-state index in [1.165, 1.54) is 26.2 Å². The molecule has 2 aromatic rings. The zero-order chi connectivity index (χ0) is 15.6. The second kappa shape index (κ2) is 5.61. The molecule has 3 N–H and O–H groups in total. The highest BCUT2D eigenvalue weighted by Gasteiger charge is 2.19. The van der Waals surface area contributed by atoms with Crippen molar-refractivity contribution in [1.82, 2.24) is 0 Å². The Bertz CT molecular complexity index is 776. The molecule has 5 nitrogen and oxygen atoms in total. The third-order valence-corrected chi connectivity index (χ3v) is 4.42. The Kier molecular flexibility index (Phi) is 4.04. The number of nitrogens with one attached hydrogen (secondary N) is 1. The van der Waals surface area contributed by atoms with Crippen LogP contribution in [0, 0.1) is 12.7 Å². The number of hydrogen-bond acceptors (Lipinski definition) is 4. The fourth-order valence-electron chi connectivity index (χ4n) is 1.92. The summed E-state index contributed by atoms with van der Waals surface area (Å²) in [5.41, 5.74) is 6.58. The number of sulfonamides is 1. The average Bonchev–Trinajstić information content (AvgIpc) is 2.37. The number of ether oxygens (including phenoxy) is 1. The van der Waals surface area contributed by atoms with E-state index in [1.54, 1.807) is 12.1 Å². The molecule has 0 unspecified atom stereocenters. The van der Waals surface area contributed by atoms with Crippen LogP contribution >= 0.6 is 0 Å². The van der Waals surface area contributed by atoms with Gasteiger partial charge in [0.2, 0.25) is 0 Å². The van der Waals surface area contributed by atoms with Gasteiger partial charge in [0.25, 0.3) is 10.0 Å². The molecule has 112 valence electrons. The fraction of sp³-hybridized carbons (Fsp3) is 0.143. The standard InChI is InChI=1S/C14H15FN2O3S/c1-9-7-10(15)3-6-14(9)21(18,19)17-12-8-11(16)4-5-13(12)20-2/h3-8,17H,16H2,1-2H3. The highest BCUT2D eigenvalue weighted by atomic mass is 32.2. The van der Waals surface area contributed by atoms with Gasteiger partial charge in [0.15, 0.2) is 0 Å². The molecule has 0 saturated heterocycles. The summed E-state index contributed by atoms with van der Waals surface area (Å²) in [6.45, 7) is 1.52.